The van der Waals surface area contributed by atoms with E-state index in [0.29, 0.717) is 27.3 Å². The molecule has 5 rings (SSSR count). The van der Waals surface area contributed by atoms with Crippen molar-refractivity contribution in [2.75, 3.05) is 23.3 Å². The molecule has 11 heteroatoms. The molecule has 1 N–H and O–H groups in total. The van der Waals surface area contributed by atoms with Crippen molar-refractivity contribution in [1.29, 1.82) is 0 Å². The molecule has 1 atom stereocenters. The van der Waals surface area contributed by atoms with Gasteiger partial charge in [0, 0.05) is 5.56 Å². The van der Waals surface area contributed by atoms with Crippen molar-refractivity contribution in [3.8, 4) is 22.1 Å². The quantitative estimate of drug-likeness (QED) is 0.388. The van der Waals surface area contributed by atoms with E-state index < -0.39 is 22.0 Å². The van der Waals surface area contributed by atoms with Gasteiger partial charge >= 0.3 is 0 Å². The van der Waals surface area contributed by atoms with E-state index in [2.05, 4.69) is 15.5 Å². The number of anilines is 2. The molecule has 190 valence electrons. The molecule has 1 amide bonds. The summed E-state index contributed by atoms with van der Waals surface area (Å²) in [6.45, 7) is 3.65. The summed E-state index contributed by atoms with van der Waals surface area (Å²) in [7, 11) is -2.49. The minimum atomic E-state index is -4.00. The summed E-state index contributed by atoms with van der Waals surface area (Å²) in [4.78, 5) is 13.3. The smallest absolute Gasteiger partial charge is 0.269 e. The van der Waals surface area contributed by atoms with Crippen LogP contribution in [0.5, 0.6) is 11.5 Å². The summed E-state index contributed by atoms with van der Waals surface area (Å²) in [6.07, 6.45) is -1.10. The number of aromatic nitrogens is 2. The SMILES string of the molecule is COc1ccc(S(=O)(=O)N2C[C@@H](C(=O)Nc3nnc(-c4ccc(C)cc4)s3)Oc3cc(C)ccc32)cc1. The van der Waals surface area contributed by atoms with E-state index in [1.165, 1.54) is 34.9 Å². The number of methoxy groups -OCH3 is 1. The van der Waals surface area contributed by atoms with Gasteiger partial charge in [-0.1, -0.05) is 47.2 Å². The number of fused-ring (bicyclic) bond motifs is 1. The maximum Gasteiger partial charge on any atom is 0.269 e. The first-order valence-corrected chi connectivity index (χ1v) is 13.7. The fourth-order valence-electron chi connectivity index (χ4n) is 3.87. The van der Waals surface area contributed by atoms with E-state index in [9.17, 15) is 13.2 Å². The first kappa shape index (κ1) is 24.7. The lowest BCUT2D eigenvalue weighted by atomic mass is 10.1. The van der Waals surface area contributed by atoms with Crippen molar-refractivity contribution in [2.24, 2.45) is 0 Å². The highest BCUT2D eigenvalue weighted by atomic mass is 32.2. The first-order valence-electron chi connectivity index (χ1n) is 11.4. The summed E-state index contributed by atoms with van der Waals surface area (Å²) >= 11 is 1.23. The van der Waals surface area contributed by atoms with Gasteiger partial charge in [0.05, 0.1) is 24.2 Å². The highest BCUT2D eigenvalue weighted by Gasteiger charge is 2.38. The molecular formula is C26H24N4O5S2. The van der Waals surface area contributed by atoms with Crippen LogP contribution >= 0.6 is 11.3 Å². The molecule has 0 aliphatic carbocycles. The van der Waals surface area contributed by atoms with Crippen LogP contribution in [0.1, 0.15) is 11.1 Å². The molecule has 37 heavy (non-hydrogen) atoms. The summed E-state index contributed by atoms with van der Waals surface area (Å²) in [5.41, 5.74) is 3.25. The summed E-state index contributed by atoms with van der Waals surface area (Å²) in [6, 6.07) is 19.1. The Morgan fingerprint density at radius 1 is 1.03 bits per heavy atom. The molecule has 9 nitrogen and oxygen atoms in total. The van der Waals surface area contributed by atoms with Gasteiger partial charge in [-0.3, -0.25) is 14.4 Å². The third-order valence-corrected chi connectivity index (χ3v) is 8.56. The number of carbonyl (C=O) groups is 1. The average molecular weight is 537 g/mol. The normalized spacial score (nSPS) is 15.0. The van der Waals surface area contributed by atoms with Gasteiger partial charge in [-0.25, -0.2) is 8.42 Å². The fourth-order valence-corrected chi connectivity index (χ4v) is 6.10. The van der Waals surface area contributed by atoms with Crippen molar-refractivity contribution in [2.45, 2.75) is 24.8 Å². The molecule has 0 spiro atoms. The van der Waals surface area contributed by atoms with Crippen LogP contribution in [0.2, 0.25) is 0 Å². The van der Waals surface area contributed by atoms with Crippen LogP contribution in [0.3, 0.4) is 0 Å². The molecule has 1 aliphatic heterocycles. The minimum Gasteiger partial charge on any atom is -0.497 e. The zero-order valence-corrected chi connectivity index (χ0v) is 22.0. The van der Waals surface area contributed by atoms with Crippen molar-refractivity contribution < 1.29 is 22.7 Å². The molecule has 4 aromatic rings. The topological polar surface area (TPSA) is 111 Å². The predicted molar refractivity (Wildman–Crippen MR) is 142 cm³/mol. The van der Waals surface area contributed by atoms with Crippen molar-refractivity contribution in [3.63, 3.8) is 0 Å². The predicted octanol–water partition coefficient (Wildman–Crippen LogP) is 4.43. The maximum absolute atomic E-state index is 13.6. The molecule has 0 saturated heterocycles. The Morgan fingerprint density at radius 2 is 1.73 bits per heavy atom. The molecule has 0 fully saturated rings. The largest absolute Gasteiger partial charge is 0.497 e. The number of nitrogens with one attached hydrogen (secondary N) is 1. The van der Waals surface area contributed by atoms with E-state index in [1.807, 2.05) is 38.1 Å². The molecule has 2 heterocycles. The Hall–Kier alpha value is -3.96. The number of sulfonamides is 1. The van der Waals surface area contributed by atoms with Gasteiger partial charge in [-0.15, -0.1) is 10.2 Å². The lowest BCUT2D eigenvalue weighted by Gasteiger charge is -2.34. The number of nitrogens with zero attached hydrogens (tertiary/aromatic N) is 3. The monoisotopic (exact) mass is 536 g/mol. The van der Waals surface area contributed by atoms with E-state index in [-0.39, 0.29) is 11.4 Å². The second kappa shape index (κ2) is 9.83. The number of ether oxygens (including phenoxy) is 2. The fraction of sp³-hybridized carbons (Fsp3) is 0.192. The van der Waals surface area contributed by atoms with Crippen molar-refractivity contribution in [3.05, 3.63) is 77.9 Å². The highest BCUT2D eigenvalue weighted by molar-refractivity contribution is 7.92. The van der Waals surface area contributed by atoms with E-state index in [4.69, 9.17) is 9.47 Å². The molecule has 0 saturated carbocycles. The van der Waals surface area contributed by atoms with Crippen LogP contribution < -0.4 is 19.1 Å². The molecule has 0 radical (unpaired) electrons. The van der Waals surface area contributed by atoms with Crippen LogP contribution in [0.4, 0.5) is 10.8 Å². The first-order chi connectivity index (χ1) is 17.7. The molecule has 1 aliphatic rings. The number of carbonyl (C=O) groups excluding carboxylic acids is 1. The Kier molecular flexibility index (Phi) is 6.57. The Balaban J connectivity index is 1.41. The van der Waals surface area contributed by atoms with Gasteiger partial charge in [0.25, 0.3) is 15.9 Å². The molecule has 3 aromatic carbocycles. The Labute approximate surface area is 218 Å². The number of hydrogen-bond acceptors (Lipinski definition) is 8. The van der Waals surface area contributed by atoms with Gasteiger partial charge in [0.2, 0.25) is 5.13 Å². The number of amides is 1. The van der Waals surface area contributed by atoms with Gasteiger partial charge in [0.15, 0.2) is 6.10 Å². The minimum absolute atomic E-state index is 0.0766. The lowest BCUT2D eigenvalue weighted by Crippen LogP contribution is -2.48. The van der Waals surface area contributed by atoms with Crippen LogP contribution in [-0.2, 0) is 14.8 Å². The summed E-state index contributed by atoms with van der Waals surface area (Å²) < 4.78 is 39.6. The number of benzene rings is 3. The average Bonchev–Trinajstić information content (AvgIpc) is 3.36. The second-order valence-electron chi connectivity index (χ2n) is 8.56. The van der Waals surface area contributed by atoms with E-state index in [1.54, 1.807) is 30.3 Å². The van der Waals surface area contributed by atoms with Gasteiger partial charge in [-0.2, -0.15) is 0 Å². The van der Waals surface area contributed by atoms with Crippen molar-refractivity contribution in [1.82, 2.24) is 10.2 Å². The van der Waals surface area contributed by atoms with Crippen LogP contribution in [0, 0.1) is 13.8 Å². The van der Waals surface area contributed by atoms with Crippen LogP contribution in [-0.4, -0.2) is 44.3 Å². The number of rotatable bonds is 6. The number of aryl methyl sites for hydroxylation is 2. The standard InChI is InChI=1S/C26H24N4O5S2/c1-16-4-7-18(8-5-16)25-28-29-26(36-25)27-24(31)23-15-30(21-13-6-17(2)14-22(21)35-23)37(32,33)20-11-9-19(34-3)10-12-20/h4-14,23H,15H2,1-3H3,(H,27,29,31)/t23-/m0/s1. The van der Waals surface area contributed by atoms with Crippen LogP contribution in [0.25, 0.3) is 10.6 Å². The number of hydrogen-bond donors (Lipinski definition) is 1. The maximum atomic E-state index is 13.6. The zero-order valence-electron chi connectivity index (χ0n) is 20.3. The summed E-state index contributed by atoms with van der Waals surface area (Å²) in [5, 5.41) is 11.9. The summed E-state index contributed by atoms with van der Waals surface area (Å²) in [5.74, 6) is 0.325. The molecule has 0 bridgehead atoms. The lowest BCUT2D eigenvalue weighted by molar-refractivity contribution is -0.122. The zero-order chi connectivity index (χ0) is 26.2. The van der Waals surface area contributed by atoms with Gasteiger partial charge in [0.1, 0.15) is 16.5 Å². The van der Waals surface area contributed by atoms with E-state index in [0.717, 1.165) is 16.7 Å². The highest BCUT2D eigenvalue weighted by Crippen LogP contribution is 2.38. The van der Waals surface area contributed by atoms with Crippen LogP contribution in [0.15, 0.2) is 71.6 Å². The third kappa shape index (κ3) is 5.00. The second-order valence-corrected chi connectivity index (χ2v) is 11.4. The molecule has 1 aromatic heterocycles. The third-order valence-electron chi connectivity index (χ3n) is 5.88. The van der Waals surface area contributed by atoms with Gasteiger partial charge in [-0.05, 0) is 55.8 Å². The Morgan fingerprint density at radius 3 is 2.43 bits per heavy atom. The Bertz CT molecular complexity index is 1550. The molecular weight excluding hydrogens is 512 g/mol. The van der Waals surface area contributed by atoms with Crippen molar-refractivity contribution >= 4 is 38.1 Å². The molecule has 0 unspecified atom stereocenters. The van der Waals surface area contributed by atoms with E-state index >= 15 is 0 Å². The van der Waals surface area contributed by atoms with Gasteiger partial charge < -0.3 is 9.47 Å².